The summed E-state index contributed by atoms with van der Waals surface area (Å²) in [4.78, 5) is 15.1. The van der Waals surface area contributed by atoms with Crippen molar-refractivity contribution in [2.24, 2.45) is 0 Å². The molecule has 0 unspecified atom stereocenters. The van der Waals surface area contributed by atoms with Crippen molar-refractivity contribution in [1.82, 2.24) is 14.6 Å². The van der Waals surface area contributed by atoms with Gasteiger partial charge in [0.15, 0.2) is 5.82 Å². The van der Waals surface area contributed by atoms with Gasteiger partial charge < -0.3 is 30.9 Å². The Balaban J connectivity index is 2.16. The fourth-order valence-electron chi connectivity index (χ4n) is 2.60. The van der Waals surface area contributed by atoms with Crippen LogP contribution in [0.3, 0.4) is 0 Å². The molecular weight excluding hydrogens is 296 g/mol. The number of aromatic nitrogens is 3. The van der Waals surface area contributed by atoms with E-state index in [9.17, 15) is 20.1 Å². The van der Waals surface area contributed by atoms with Crippen molar-refractivity contribution in [3.63, 3.8) is 0 Å². The molecule has 0 aliphatic carbocycles. The van der Waals surface area contributed by atoms with E-state index in [0.29, 0.717) is 0 Å². The van der Waals surface area contributed by atoms with E-state index in [2.05, 4.69) is 10.1 Å². The fraction of sp³-hybridized carbons (Fsp3) is 0.417. The van der Waals surface area contributed by atoms with Crippen molar-refractivity contribution in [2.75, 3.05) is 12.3 Å². The van der Waals surface area contributed by atoms with Gasteiger partial charge in [0, 0.05) is 0 Å². The van der Waals surface area contributed by atoms with Gasteiger partial charge in [-0.15, -0.1) is 0 Å². The van der Waals surface area contributed by atoms with E-state index in [4.69, 9.17) is 15.6 Å². The van der Waals surface area contributed by atoms with Crippen molar-refractivity contribution >= 4 is 17.3 Å². The van der Waals surface area contributed by atoms with Gasteiger partial charge in [0.05, 0.1) is 17.9 Å². The molecule has 0 spiro atoms. The molecule has 3 heterocycles. The lowest BCUT2D eigenvalue weighted by Gasteiger charge is -2.14. The molecule has 4 atom stereocenters. The van der Waals surface area contributed by atoms with E-state index in [1.807, 2.05) is 0 Å². The average molecular weight is 310 g/mol. The number of hydrogen-bond donors (Lipinski definition) is 5. The summed E-state index contributed by atoms with van der Waals surface area (Å²) in [6.07, 6.45) is -3.53. The van der Waals surface area contributed by atoms with Crippen LogP contribution in [0.2, 0.25) is 0 Å². The number of aliphatic hydroxyl groups is 3. The zero-order valence-electron chi connectivity index (χ0n) is 11.2. The molecule has 1 saturated heterocycles. The van der Waals surface area contributed by atoms with Crippen LogP contribution in [0.5, 0.6) is 0 Å². The molecule has 3 rings (SSSR count). The van der Waals surface area contributed by atoms with Gasteiger partial charge in [-0.1, -0.05) is 0 Å². The summed E-state index contributed by atoms with van der Waals surface area (Å²) in [6, 6.07) is 1.25. The predicted molar refractivity (Wildman–Crippen MR) is 71.1 cm³/mol. The maximum absolute atomic E-state index is 11.3. The van der Waals surface area contributed by atoms with Crippen LogP contribution in [0, 0.1) is 0 Å². The second-order valence-electron chi connectivity index (χ2n) is 4.95. The maximum atomic E-state index is 11.3. The van der Waals surface area contributed by atoms with Crippen molar-refractivity contribution in [3.8, 4) is 0 Å². The third kappa shape index (κ3) is 2.01. The first-order chi connectivity index (χ1) is 10.5. The second-order valence-corrected chi connectivity index (χ2v) is 4.95. The van der Waals surface area contributed by atoms with Gasteiger partial charge in [-0.3, -0.25) is 0 Å². The highest BCUT2D eigenvalue weighted by atomic mass is 16.6. The van der Waals surface area contributed by atoms with Gasteiger partial charge in [-0.25, -0.2) is 14.3 Å². The zero-order valence-corrected chi connectivity index (χ0v) is 11.2. The molecule has 0 radical (unpaired) electrons. The molecule has 0 amide bonds. The summed E-state index contributed by atoms with van der Waals surface area (Å²) >= 11 is 0. The van der Waals surface area contributed by atoms with Crippen LogP contribution in [-0.4, -0.2) is 65.9 Å². The van der Waals surface area contributed by atoms with Crippen LogP contribution in [0.1, 0.15) is 22.2 Å². The van der Waals surface area contributed by atoms with Crippen molar-refractivity contribution in [3.05, 3.63) is 23.7 Å². The summed E-state index contributed by atoms with van der Waals surface area (Å²) in [5.41, 5.74) is 5.82. The average Bonchev–Trinajstić information content (AvgIpc) is 3.00. The molecule has 2 aromatic heterocycles. The van der Waals surface area contributed by atoms with Crippen LogP contribution < -0.4 is 5.73 Å². The molecule has 1 aliphatic rings. The molecule has 0 bridgehead atoms. The first kappa shape index (κ1) is 14.7. The number of ether oxygens (including phenoxy) is 1. The van der Waals surface area contributed by atoms with Crippen LogP contribution in [0.25, 0.3) is 5.52 Å². The summed E-state index contributed by atoms with van der Waals surface area (Å²) in [6.45, 7) is -0.485. The van der Waals surface area contributed by atoms with Crippen LogP contribution >= 0.6 is 0 Å². The van der Waals surface area contributed by atoms with Crippen LogP contribution in [-0.2, 0) is 4.74 Å². The molecule has 118 valence electrons. The molecule has 6 N–H and O–H groups in total. The Bertz CT molecular complexity index is 732. The number of carboxylic acids is 1. The Kier molecular flexibility index (Phi) is 3.45. The maximum Gasteiger partial charge on any atom is 0.338 e. The monoisotopic (exact) mass is 310 g/mol. The smallest absolute Gasteiger partial charge is 0.338 e. The largest absolute Gasteiger partial charge is 0.478 e. The van der Waals surface area contributed by atoms with E-state index in [1.165, 1.54) is 10.6 Å². The van der Waals surface area contributed by atoms with Gasteiger partial charge in [0.25, 0.3) is 0 Å². The third-order valence-electron chi connectivity index (χ3n) is 3.67. The lowest BCUT2D eigenvalue weighted by molar-refractivity contribution is -0.0244. The molecule has 1 fully saturated rings. The lowest BCUT2D eigenvalue weighted by Crippen LogP contribution is -2.32. The number of nitrogens with zero attached hydrogens (tertiary/aromatic N) is 3. The highest BCUT2D eigenvalue weighted by Gasteiger charge is 2.44. The number of nitrogen functional groups attached to an aromatic ring is 1. The standard InChI is InChI=1S/C12H14N4O6/c13-11-7-4(12(20)21)1-5(16(7)15-3-14-11)10-9(19)8(18)6(2-17)22-10/h1,3,6,8-10,17-19H,2H2,(H,20,21)(H2,13,14,15)/t6-,8-,9-,10+/m1/s1. The number of carboxylic acid groups (broad SMARTS) is 1. The zero-order chi connectivity index (χ0) is 16.0. The number of fused-ring (bicyclic) bond motifs is 1. The fourth-order valence-corrected chi connectivity index (χ4v) is 2.60. The molecule has 10 nitrogen and oxygen atoms in total. The highest BCUT2D eigenvalue weighted by molar-refractivity contribution is 5.99. The molecule has 22 heavy (non-hydrogen) atoms. The third-order valence-corrected chi connectivity index (χ3v) is 3.67. The summed E-state index contributed by atoms with van der Waals surface area (Å²) in [5.74, 6) is -1.28. The lowest BCUT2D eigenvalue weighted by atomic mass is 10.1. The summed E-state index contributed by atoms with van der Waals surface area (Å²) in [7, 11) is 0. The Labute approximate surface area is 123 Å². The SMILES string of the molecule is Nc1ncnn2c([C@@H]3O[C@H](CO)[C@@H](O)[C@H]3O)cc(C(=O)O)c12. The van der Waals surface area contributed by atoms with Gasteiger partial charge in [0.1, 0.15) is 36.3 Å². The molecule has 10 heteroatoms. The van der Waals surface area contributed by atoms with E-state index in [0.717, 1.165) is 6.33 Å². The second kappa shape index (κ2) is 5.18. The highest BCUT2D eigenvalue weighted by Crippen LogP contribution is 2.35. The minimum absolute atomic E-state index is 0.0367. The first-order valence-electron chi connectivity index (χ1n) is 6.43. The van der Waals surface area contributed by atoms with Crippen molar-refractivity contribution in [2.45, 2.75) is 24.4 Å². The number of aliphatic hydroxyl groups excluding tert-OH is 3. The Hall–Kier alpha value is -2.27. The first-order valence-corrected chi connectivity index (χ1v) is 6.43. The summed E-state index contributed by atoms with van der Waals surface area (Å²) < 4.78 is 6.60. The van der Waals surface area contributed by atoms with E-state index < -0.39 is 37.0 Å². The molecule has 1 aliphatic heterocycles. The van der Waals surface area contributed by atoms with Gasteiger partial charge in [0.2, 0.25) is 0 Å². The van der Waals surface area contributed by atoms with Gasteiger partial charge >= 0.3 is 5.97 Å². The number of nitrogens with two attached hydrogens (primary N) is 1. The Morgan fingerprint density at radius 3 is 2.73 bits per heavy atom. The minimum atomic E-state index is -1.34. The number of aromatic carboxylic acids is 1. The van der Waals surface area contributed by atoms with Crippen molar-refractivity contribution in [1.29, 1.82) is 0 Å². The number of anilines is 1. The van der Waals surface area contributed by atoms with E-state index in [-0.39, 0.29) is 22.6 Å². The van der Waals surface area contributed by atoms with Crippen LogP contribution in [0.4, 0.5) is 5.82 Å². The topological polar surface area (TPSA) is 163 Å². The Morgan fingerprint density at radius 2 is 2.14 bits per heavy atom. The normalized spacial score (nSPS) is 28.3. The number of hydrogen-bond acceptors (Lipinski definition) is 8. The molecule has 0 saturated carbocycles. The van der Waals surface area contributed by atoms with E-state index >= 15 is 0 Å². The quantitative estimate of drug-likeness (QED) is 0.438. The minimum Gasteiger partial charge on any atom is -0.478 e. The summed E-state index contributed by atoms with van der Waals surface area (Å²) in [5, 5.41) is 42.2. The molecular formula is C12H14N4O6. The molecule has 0 aromatic carbocycles. The van der Waals surface area contributed by atoms with Crippen LogP contribution in [0.15, 0.2) is 12.4 Å². The molecule has 2 aromatic rings. The van der Waals surface area contributed by atoms with Gasteiger partial charge in [-0.05, 0) is 6.07 Å². The predicted octanol–water partition coefficient (Wildman–Crippen LogP) is -1.84. The number of carbonyl (C=O) groups is 1. The Morgan fingerprint density at radius 1 is 1.41 bits per heavy atom. The van der Waals surface area contributed by atoms with Crippen molar-refractivity contribution < 1.29 is 30.0 Å². The van der Waals surface area contributed by atoms with Gasteiger partial charge in [-0.2, -0.15) is 5.10 Å². The number of rotatable bonds is 3. The van der Waals surface area contributed by atoms with E-state index in [1.54, 1.807) is 0 Å².